The normalized spacial score (nSPS) is 11.0. The van der Waals surface area contributed by atoms with Crippen LogP contribution in [0.1, 0.15) is 70.7 Å². The number of Topliss-reactive ketones (excluding diaryl/α,β-unsaturated/α-hetero) is 2. The van der Waals surface area contributed by atoms with E-state index in [9.17, 15) is 9.59 Å². The van der Waals surface area contributed by atoms with Crippen molar-refractivity contribution in [2.45, 2.75) is 82.8 Å². The Hall–Kier alpha value is -0.143. The molecule has 0 aromatic carbocycles. The Morgan fingerprint density at radius 2 is 1.00 bits per heavy atom. The molecule has 5 heteroatoms. The summed E-state index contributed by atoms with van der Waals surface area (Å²) in [5.41, 5.74) is 0. The fraction of sp³-hybridized carbons (Fsp3) is 0.850. The average Bonchev–Trinajstić information content (AvgIpc) is 2.37. The summed E-state index contributed by atoms with van der Waals surface area (Å²) in [6.07, 6.45) is 2.00. The fourth-order valence-corrected chi connectivity index (χ4v) is 1.10. The minimum atomic E-state index is 0. The van der Waals surface area contributed by atoms with E-state index in [4.69, 9.17) is 0 Å². The molecule has 0 saturated heterocycles. The van der Waals surface area contributed by atoms with Crippen LogP contribution in [-0.4, -0.2) is 61.6 Å². The van der Waals surface area contributed by atoms with Crippen LogP contribution in [0.15, 0.2) is 0 Å². The summed E-state index contributed by atoms with van der Waals surface area (Å²) in [4.78, 5) is 25.6. The first-order chi connectivity index (χ1) is 9.43. The molecule has 0 amide bonds. The van der Waals surface area contributed by atoms with Crippen molar-refractivity contribution in [2.24, 2.45) is 5.92 Å². The Bertz CT molecular complexity index is 281. The zero-order valence-corrected chi connectivity index (χ0v) is 17.0. The summed E-state index contributed by atoms with van der Waals surface area (Å²) < 4.78 is 0. The second-order valence-electron chi connectivity index (χ2n) is 6.02. The van der Waals surface area contributed by atoms with Crippen molar-refractivity contribution in [3.8, 4) is 0 Å². The van der Waals surface area contributed by atoms with Crippen molar-refractivity contribution in [1.29, 1.82) is 0 Å². The third kappa shape index (κ3) is 28.9. The van der Waals surface area contributed by atoms with E-state index >= 15 is 0 Å². The van der Waals surface area contributed by atoms with E-state index in [1.54, 1.807) is 6.92 Å². The molecule has 0 saturated carbocycles. The fourth-order valence-electron chi connectivity index (χ4n) is 1.10. The number of hydrogen-bond donors (Lipinski definition) is 0. The first-order valence-electron chi connectivity index (χ1n) is 7.54. The van der Waals surface area contributed by atoms with Gasteiger partial charge in [0.05, 0.1) is 12.1 Å². The summed E-state index contributed by atoms with van der Waals surface area (Å²) in [7, 11) is 7.63. The van der Waals surface area contributed by atoms with Crippen LogP contribution in [0.5, 0.6) is 0 Å². The first kappa shape index (κ1) is 44.4. The van der Waals surface area contributed by atoms with E-state index in [0.717, 1.165) is 0 Å². The maximum absolute atomic E-state index is 11.2. The minimum absolute atomic E-state index is 0. The van der Waals surface area contributed by atoms with Crippen LogP contribution >= 0.6 is 0 Å². The maximum Gasteiger partial charge on any atom is 1.00 e. The second-order valence-corrected chi connectivity index (χ2v) is 6.02. The summed E-state index contributed by atoms with van der Waals surface area (Å²) in [5, 5.41) is 0. The maximum atomic E-state index is 11.2. The molecule has 0 heterocycles. The standard InChI is InChI=1S/C8H17NO.C6H13NO.C3H7.3CH4.Li/c1-6(2)8(10)7(3)9(4)5;1-5(6(2)8)7(3)4;1-3-2;;;;/h6-7H,1-5H3;5H,1-4H3;3H,1-2H3;3*1H4;/q;;-1;;;;+1. The van der Waals surface area contributed by atoms with Crippen molar-refractivity contribution in [3.63, 3.8) is 0 Å². The SMILES string of the molecule is C.C.C.CC(=O)C(C)N(C)C.CC(C)C(=O)C(C)N(C)C.C[CH-]C.[Li+]. The van der Waals surface area contributed by atoms with Crippen LogP contribution in [0.4, 0.5) is 0 Å². The molecule has 2 atom stereocenters. The van der Waals surface area contributed by atoms with Crippen LogP contribution in [0.3, 0.4) is 0 Å². The van der Waals surface area contributed by atoms with Gasteiger partial charge in [0.15, 0.2) is 5.78 Å². The Labute approximate surface area is 173 Å². The molecular formula is C20H49LiN2O2. The number of carbonyl (C=O) groups excluding carboxylic acids is 2. The zero-order chi connectivity index (χ0) is 17.7. The number of ketones is 2. The second kappa shape index (κ2) is 26.1. The average molecular weight is 357 g/mol. The van der Waals surface area contributed by atoms with Gasteiger partial charge in [-0.1, -0.05) is 36.1 Å². The molecule has 25 heavy (non-hydrogen) atoms. The topological polar surface area (TPSA) is 40.6 Å². The van der Waals surface area contributed by atoms with Gasteiger partial charge in [-0.3, -0.25) is 19.4 Å². The summed E-state index contributed by atoms with van der Waals surface area (Å²) in [6.45, 7) is 13.3. The van der Waals surface area contributed by atoms with Gasteiger partial charge in [0.25, 0.3) is 0 Å². The van der Waals surface area contributed by atoms with Gasteiger partial charge in [0.1, 0.15) is 5.78 Å². The summed E-state index contributed by atoms with van der Waals surface area (Å²) in [5.74, 6) is 0.678. The molecule has 0 aliphatic heterocycles. The molecule has 4 nitrogen and oxygen atoms in total. The van der Waals surface area contributed by atoms with Gasteiger partial charge in [-0.05, 0) is 49.0 Å². The van der Waals surface area contributed by atoms with Crippen LogP contribution in [0.25, 0.3) is 0 Å². The molecule has 0 aromatic rings. The molecule has 0 aliphatic carbocycles. The van der Waals surface area contributed by atoms with E-state index in [-0.39, 0.29) is 64.9 Å². The predicted octanol–water partition coefficient (Wildman–Crippen LogP) is 1.83. The van der Waals surface area contributed by atoms with Gasteiger partial charge in [0.2, 0.25) is 0 Å². The van der Waals surface area contributed by atoms with E-state index in [2.05, 4.69) is 0 Å². The number of rotatable bonds is 5. The molecule has 0 fully saturated rings. The molecule has 0 radical (unpaired) electrons. The monoisotopic (exact) mass is 356 g/mol. The van der Waals surface area contributed by atoms with Gasteiger partial charge in [0, 0.05) is 5.92 Å². The van der Waals surface area contributed by atoms with E-state index in [1.807, 2.05) is 86.0 Å². The van der Waals surface area contributed by atoms with Gasteiger partial charge < -0.3 is 6.42 Å². The Morgan fingerprint density at radius 3 is 1.04 bits per heavy atom. The van der Waals surface area contributed by atoms with Crippen molar-refractivity contribution in [1.82, 2.24) is 9.80 Å². The Kier molecular flexibility index (Phi) is 46.3. The zero-order valence-electron chi connectivity index (χ0n) is 17.0. The quantitative estimate of drug-likeness (QED) is 0.557. The predicted molar refractivity (Wildman–Crippen MR) is 113 cm³/mol. The third-order valence-corrected chi connectivity index (χ3v) is 3.12. The minimum Gasteiger partial charge on any atom is -0.335 e. The third-order valence-electron chi connectivity index (χ3n) is 3.12. The van der Waals surface area contributed by atoms with Crippen molar-refractivity contribution in [2.75, 3.05) is 28.2 Å². The van der Waals surface area contributed by atoms with Gasteiger partial charge in [-0.2, -0.15) is 13.8 Å². The van der Waals surface area contributed by atoms with Crippen molar-refractivity contribution in [3.05, 3.63) is 6.42 Å². The van der Waals surface area contributed by atoms with Gasteiger partial charge in [-0.15, -0.1) is 0 Å². The number of likely N-dealkylation sites (N-methyl/N-ethyl adjacent to an activating group) is 2. The number of hydrogen-bond acceptors (Lipinski definition) is 4. The molecule has 0 rings (SSSR count). The Balaban J connectivity index is -0.0000000397. The van der Waals surface area contributed by atoms with E-state index in [1.165, 1.54) is 0 Å². The van der Waals surface area contributed by atoms with Crippen LogP contribution in [-0.2, 0) is 9.59 Å². The summed E-state index contributed by atoms with van der Waals surface area (Å²) >= 11 is 0. The molecule has 152 valence electrons. The van der Waals surface area contributed by atoms with Crippen LogP contribution < -0.4 is 18.9 Å². The first-order valence-corrected chi connectivity index (χ1v) is 7.54. The Morgan fingerprint density at radius 1 is 0.760 bits per heavy atom. The molecule has 0 bridgehead atoms. The molecular weight excluding hydrogens is 307 g/mol. The molecule has 0 aliphatic rings. The van der Waals surface area contributed by atoms with Crippen LogP contribution in [0.2, 0.25) is 0 Å². The molecule has 0 spiro atoms. The molecule has 0 aromatic heterocycles. The van der Waals surface area contributed by atoms with Crippen molar-refractivity contribution >= 4 is 11.6 Å². The van der Waals surface area contributed by atoms with E-state index in [0.29, 0.717) is 5.78 Å². The summed E-state index contributed by atoms with van der Waals surface area (Å²) in [6, 6.07) is 0.120. The number of nitrogens with zero attached hydrogens (tertiary/aromatic N) is 2. The van der Waals surface area contributed by atoms with E-state index < -0.39 is 0 Å². The largest absolute Gasteiger partial charge is 1.00 e. The van der Waals surface area contributed by atoms with Crippen LogP contribution in [0, 0.1) is 12.3 Å². The van der Waals surface area contributed by atoms with Gasteiger partial charge in [-0.25, -0.2) is 0 Å². The number of carbonyl (C=O) groups is 2. The van der Waals surface area contributed by atoms with Gasteiger partial charge >= 0.3 is 18.9 Å². The molecule has 2 unspecified atom stereocenters. The smallest absolute Gasteiger partial charge is 0.335 e. The van der Waals surface area contributed by atoms with Crippen molar-refractivity contribution < 1.29 is 28.4 Å². The molecule has 0 N–H and O–H groups in total.